The predicted molar refractivity (Wildman–Crippen MR) is 54.2 cm³/mol. The minimum Gasteiger partial charge on any atom is -0.448 e. The average Bonchev–Trinajstić information content (AvgIpc) is 1.96. The fourth-order valence-electron chi connectivity index (χ4n) is 1.02. The largest absolute Gasteiger partial charge is 1.00 e. The Morgan fingerprint density at radius 3 is 2.21 bits per heavy atom. The molecule has 0 radical (unpaired) electrons. The van der Waals surface area contributed by atoms with Gasteiger partial charge >= 0.3 is 58.4 Å². The fraction of sp³-hybridized carbons (Fsp3) is 1.00. The first-order chi connectivity index (χ1) is 5.87. The summed E-state index contributed by atoms with van der Waals surface area (Å²) in [5.41, 5.74) is 0. The van der Waals surface area contributed by atoms with Crippen LogP contribution in [0.1, 0.15) is 13.3 Å². The Hall–Kier alpha value is 1.80. The van der Waals surface area contributed by atoms with E-state index in [1.807, 2.05) is 13.2 Å². The van der Waals surface area contributed by atoms with Gasteiger partial charge < -0.3 is 17.8 Å². The summed E-state index contributed by atoms with van der Waals surface area (Å²) in [6.45, 7) is -2.84. The molecule has 0 saturated heterocycles. The van der Waals surface area contributed by atoms with E-state index in [2.05, 4.69) is 0 Å². The minimum atomic E-state index is -4.68. The zero-order chi connectivity index (χ0) is 10.5. The third kappa shape index (κ3) is 10.3. The third-order valence-electron chi connectivity index (χ3n) is 1.99. The van der Waals surface area contributed by atoms with Crippen molar-refractivity contribution in [1.82, 2.24) is 4.90 Å². The molecule has 0 aliphatic rings. The molecule has 0 N–H and O–H groups in total. The summed E-state index contributed by atoms with van der Waals surface area (Å²) in [6, 6.07) is 0.0101. The van der Waals surface area contributed by atoms with Gasteiger partial charge in [0.25, 0.3) is 0 Å². The molecule has 0 saturated carbocycles. The van der Waals surface area contributed by atoms with Crippen LogP contribution in [0, 0.1) is 0 Å². The molecule has 0 aliphatic heterocycles. The van der Waals surface area contributed by atoms with Crippen LogP contribution in [0.25, 0.3) is 0 Å². The van der Waals surface area contributed by atoms with Crippen LogP contribution in [0.2, 0.25) is 0 Å². The normalized spacial score (nSPS) is 13.9. The Bertz CT molecular complexity index is 147. The van der Waals surface area contributed by atoms with Crippen LogP contribution < -0.4 is 51.4 Å². The van der Waals surface area contributed by atoms with Gasteiger partial charge in [-0.2, -0.15) is 11.8 Å². The van der Waals surface area contributed by atoms with Gasteiger partial charge in [0.1, 0.15) is 0 Å². The van der Waals surface area contributed by atoms with Crippen molar-refractivity contribution in [2.24, 2.45) is 0 Å². The van der Waals surface area contributed by atoms with E-state index < -0.39 is 13.4 Å². The minimum absolute atomic E-state index is 0. The monoisotopic (exact) mass is 253 g/mol. The smallest absolute Gasteiger partial charge is 0.448 e. The Labute approximate surface area is 131 Å². The molecule has 0 aromatic heterocycles. The second-order valence-electron chi connectivity index (χ2n) is 3.28. The molecular weight excluding hydrogens is 237 g/mol. The van der Waals surface area contributed by atoms with Crippen LogP contribution in [0.3, 0.4) is 0 Å². The summed E-state index contributed by atoms with van der Waals surface area (Å²) >= 11 is 1.66. The molecule has 14 heavy (non-hydrogen) atoms. The van der Waals surface area contributed by atoms with Gasteiger partial charge in [0, 0.05) is 6.04 Å². The second kappa shape index (κ2) is 8.90. The maximum atomic E-state index is 12.0. The Balaban J connectivity index is 0. The molecule has 0 amide bonds. The first-order valence-electron chi connectivity index (χ1n) is 4.27. The number of thioether (sulfide) groups is 1. The van der Waals surface area contributed by atoms with Gasteiger partial charge in [0.15, 0.2) is 0 Å². The van der Waals surface area contributed by atoms with Gasteiger partial charge in [-0.3, -0.25) is 0 Å². The summed E-state index contributed by atoms with van der Waals surface area (Å²) < 4.78 is 36.0. The topological polar surface area (TPSA) is 3.24 Å². The van der Waals surface area contributed by atoms with Crippen LogP contribution >= 0.6 is 11.8 Å². The Morgan fingerprint density at radius 1 is 1.36 bits per heavy atom. The van der Waals surface area contributed by atoms with E-state index in [1.54, 1.807) is 11.8 Å². The summed E-state index contributed by atoms with van der Waals surface area (Å²) in [7, 11) is 1.53. The average molecular weight is 253 g/mol. The van der Waals surface area contributed by atoms with Crippen molar-refractivity contribution in [2.75, 3.05) is 25.5 Å². The Kier molecular flexibility index (Phi) is 11.5. The van der Waals surface area contributed by atoms with Gasteiger partial charge in [0.05, 0.1) is 0 Å². The fourth-order valence-corrected chi connectivity index (χ4v) is 1.59. The summed E-state index contributed by atoms with van der Waals surface area (Å²) in [5.74, 6) is 0.913. The zero-order valence-corrected chi connectivity index (χ0v) is 13.2. The number of nitrogens with zero attached hydrogens (tertiary/aromatic N) is 1. The van der Waals surface area contributed by atoms with Gasteiger partial charge in [-0.15, -0.1) is 0 Å². The Morgan fingerprint density at radius 2 is 1.86 bits per heavy atom. The van der Waals surface area contributed by atoms with E-state index >= 15 is 0 Å². The molecule has 0 fully saturated rings. The van der Waals surface area contributed by atoms with Crippen LogP contribution in [-0.2, 0) is 0 Å². The van der Waals surface area contributed by atoms with E-state index in [4.69, 9.17) is 0 Å². The van der Waals surface area contributed by atoms with E-state index in [1.165, 1.54) is 11.9 Å². The molecule has 80 valence electrons. The quantitative estimate of drug-likeness (QED) is 0.584. The van der Waals surface area contributed by atoms with Gasteiger partial charge in [-0.05, 0) is 38.8 Å². The maximum Gasteiger partial charge on any atom is 1.00 e. The number of hydrogen-bond donors (Lipinski definition) is 0. The molecule has 0 aliphatic carbocycles. The van der Waals surface area contributed by atoms with Crippen LogP contribution in [0.5, 0.6) is 0 Å². The molecule has 0 aromatic carbocycles. The molecule has 0 heterocycles. The second-order valence-corrected chi connectivity index (χ2v) is 4.27. The first kappa shape index (κ1) is 18.2. The molecule has 1 unspecified atom stereocenters. The van der Waals surface area contributed by atoms with E-state index in [-0.39, 0.29) is 57.4 Å². The summed E-state index contributed by atoms with van der Waals surface area (Å²) in [5, 5.41) is 0. The van der Waals surface area contributed by atoms with Crippen molar-refractivity contribution in [1.29, 1.82) is 0 Å². The van der Waals surface area contributed by atoms with E-state index in [9.17, 15) is 12.9 Å². The molecule has 0 bridgehead atoms. The van der Waals surface area contributed by atoms with E-state index in [0.717, 1.165) is 12.2 Å². The van der Waals surface area contributed by atoms with Crippen LogP contribution in [-0.4, -0.2) is 43.4 Å². The number of rotatable bonds is 6. The summed E-state index contributed by atoms with van der Waals surface area (Å²) in [6.07, 6.45) is 2.01. The van der Waals surface area contributed by atoms with Crippen molar-refractivity contribution in [3.63, 3.8) is 0 Å². The van der Waals surface area contributed by atoms with Crippen molar-refractivity contribution in [2.45, 2.75) is 19.4 Å². The molecule has 0 spiro atoms. The number of hydrogen-bond acceptors (Lipinski definition) is 2. The SMILES string of the molecule is CSCCC(C)N(C)C[B-](F)(F)F.[K+]. The van der Waals surface area contributed by atoms with Crippen LogP contribution in [0.4, 0.5) is 12.9 Å². The third-order valence-corrected chi connectivity index (χ3v) is 2.63. The standard InChI is InChI=1S/C7H16BF3NS.K/c1-7(4-5-13-3)12(2)6-8(9,10)11;/h7H,4-6H2,1-3H3;/q-1;+1. The van der Waals surface area contributed by atoms with Crippen LogP contribution in [0.15, 0.2) is 0 Å². The summed E-state index contributed by atoms with van der Waals surface area (Å²) in [4.78, 5) is 1.37. The van der Waals surface area contributed by atoms with Crippen molar-refractivity contribution < 1.29 is 64.3 Å². The first-order valence-corrected chi connectivity index (χ1v) is 5.66. The van der Waals surface area contributed by atoms with Gasteiger partial charge in [-0.25, -0.2) is 0 Å². The van der Waals surface area contributed by atoms with Gasteiger partial charge in [-0.1, -0.05) is 0 Å². The van der Waals surface area contributed by atoms with Crippen molar-refractivity contribution in [3.8, 4) is 0 Å². The predicted octanol–water partition coefficient (Wildman–Crippen LogP) is -0.550. The van der Waals surface area contributed by atoms with Gasteiger partial charge in [0.2, 0.25) is 0 Å². The molecular formula is C7H16BF3KNS. The molecule has 0 rings (SSSR count). The molecule has 7 heteroatoms. The van der Waals surface area contributed by atoms with Crippen molar-refractivity contribution in [3.05, 3.63) is 0 Å². The molecule has 1 atom stereocenters. The molecule has 0 aromatic rings. The number of halogens is 3. The van der Waals surface area contributed by atoms with Crippen molar-refractivity contribution >= 4 is 18.7 Å². The maximum absolute atomic E-state index is 12.0. The molecule has 1 nitrogen and oxygen atoms in total. The zero-order valence-electron chi connectivity index (χ0n) is 9.27. The van der Waals surface area contributed by atoms with E-state index in [0.29, 0.717) is 0 Å².